The van der Waals surface area contributed by atoms with Crippen LogP contribution < -0.4 is 0 Å². The Bertz CT molecular complexity index is 1960. The molecule has 0 aliphatic rings. The fourth-order valence-corrected chi connectivity index (χ4v) is 4.90. The summed E-state index contributed by atoms with van der Waals surface area (Å²) < 4.78 is 227. The smallest absolute Gasteiger partial charge is 0.433 e. The molecule has 0 radical (unpaired) electrons. The first-order valence-corrected chi connectivity index (χ1v) is 16.2. The van der Waals surface area contributed by atoms with Gasteiger partial charge >= 0.3 is 37.1 Å². The molecule has 0 spiro atoms. The quantitative estimate of drug-likeness (QED) is 0.0949. The van der Waals surface area contributed by atoms with Crippen LogP contribution in [-0.2, 0) is 68.5 Å². The van der Waals surface area contributed by atoms with E-state index in [1.54, 1.807) is 0 Å². The van der Waals surface area contributed by atoms with Crippen LogP contribution >= 0.6 is 0 Å². The summed E-state index contributed by atoms with van der Waals surface area (Å²) in [5.74, 6) is -4.67. The van der Waals surface area contributed by atoms with Gasteiger partial charge in [-0.15, -0.1) is 0 Å². The summed E-state index contributed by atoms with van der Waals surface area (Å²) in [4.78, 5) is 41.5. The number of Topliss-reactive ketones (excluding diaryl/α,β-unsaturated/α-hetero) is 3. The van der Waals surface area contributed by atoms with Crippen LogP contribution in [0.3, 0.4) is 0 Å². The summed E-state index contributed by atoms with van der Waals surface area (Å²) >= 11 is 0. The average Bonchev–Trinajstić information content (AvgIpc) is 3.05. The average molecular weight is 995 g/mol. The van der Waals surface area contributed by atoms with Gasteiger partial charge in [-0.25, -0.2) is 15.0 Å². The summed E-state index contributed by atoms with van der Waals surface area (Å²) in [6.07, 6.45) is -30.7. The molecule has 3 aromatic heterocycles. The van der Waals surface area contributed by atoms with Crippen LogP contribution in [-0.4, -0.2) is 47.6 Å². The molecule has 3 heterocycles. The Hall–Kier alpha value is -5.66. The molecule has 0 fully saturated rings. The number of rotatable bonds is 6. The van der Waals surface area contributed by atoms with Crippen LogP contribution in [0.1, 0.15) is 92.4 Å². The Kier molecular flexibility index (Phi) is 19.0. The Morgan fingerprint density at radius 2 is 0.469 bits per heavy atom. The van der Waals surface area contributed by atoms with E-state index in [1.165, 1.54) is 0 Å². The Morgan fingerprint density at radius 3 is 0.547 bits per heavy atom. The van der Waals surface area contributed by atoms with E-state index in [4.69, 9.17) is 0 Å². The summed E-state index contributed by atoms with van der Waals surface area (Å²) in [6, 6.07) is 1.70. The summed E-state index contributed by atoms with van der Waals surface area (Å²) in [5, 5.41) is 27.9. The number of hydrogen-bond donors (Lipinski definition) is 3. The SMILES string of the molecule is CC(=O)/C(=C(/C)O)c1cc(C(F)(F)F)nc(C(F)(F)F)c1.CC(=O)/C(=C(/C)O)c1cc(C(F)(F)F)nc(C(F)(F)F)c1.CC(=O)/C(=C(/C)O)c1cc(C(F)(F)F)nc(C(F)(F)F)c1.[Fe]. The number of allylic oxidation sites excluding steroid dienone is 6. The molecule has 0 aromatic carbocycles. The van der Waals surface area contributed by atoms with Gasteiger partial charge in [0.2, 0.25) is 0 Å². The predicted molar refractivity (Wildman–Crippen MR) is 180 cm³/mol. The van der Waals surface area contributed by atoms with Crippen molar-refractivity contribution in [2.75, 3.05) is 0 Å². The number of nitrogens with zero attached hydrogens (tertiary/aromatic N) is 3. The van der Waals surface area contributed by atoms with Crippen molar-refractivity contribution in [3.8, 4) is 0 Å². The van der Waals surface area contributed by atoms with Crippen LogP contribution in [0.4, 0.5) is 79.0 Å². The van der Waals surface area contributed by atoms with Crippen LogP contribution in [0.2, 0.25) is 0 Å². The van der Waals surface area contributed by atoms with Crippen LogP contribution in [0.25, 0.3) is 16.7 Å². The maximum Gasteiger partial charge on any atom is 0.433 e. The van der Waals surface area contributed by atoms with Crippen LogP contribution in [0.15, 0.2) is 53.7 Å². The summed E-state index contributed by atoms with van der Waals surface area (Å²) in [5.41, 5.74) is -14.8. The number of aromatic nitrogens is 3. The van der Waals surface area contributed by atoms with Crippen LogP contribution in [0.5, 0.6) is 0 Å². The van der Waals surface area contributed by atoms with Crippen molar-refractivity contribution in [2.45, 2.75) is 78.6 Å². The number of hydrogen-bond acceptors (Lipinski definition) is 9. The normalized spacial score (nSPS) is 13.7. The number of ketones is 3. The van der Waals surface area contributed by atoms with E-state index in [1.807, 2.05) is 0 Å². The second kappa shape index (κ2) is 20.9. The first kappa shape index (κ1) is 58.3. The van der Waals surface area contributed by atoms with E-state index in [0.29, 0.717) is 0 Å². The Morgan fingerprint density at radius 1 is 0.344 bits per heavy atom. The maximum absolute atomic E-state index is 12.6. The number of aliphatic hydroxyl groups is 3. The predicted octanol–water partition coefficient (Wildman–Crippen LogP) is 12.0. The Balaban J connectivity index is 0.000000923. The summed E-state index contributed by atoms with van der Waals surface area (Å²) in [6.45, 7) is 5.69. The second-order valence-electron chi connectivity index (χ2n) is 12.4. The molecule has 64 heavy (non-hydrogen) atoms. The first-order chi connectivity index (χ1) is 28.0. The molecule has 0 saturated carbocycles. The number of pyridine rings is 3. The molecule has 0 unspecified atom stereocenters. The van der Waals surface area contributed by atoms with Gasteiger partial charge in [0, 0.05) is 17.1 Å². The minimum absolute atomic E-state index is 0. The standard InChI is InChI=1S/3C12H9F6NO2.Fe/c3*1-5(20)10(6(2)21)7-3-8(11(13,14)15)19-9(4-7)12(16,17)18;/h3*3-4,20H,1-2H3;/b3*10-5+;. The van der Waals surface area contributed by atoms with E-state index in [9.17, 15) is 109 Å². The van der Waals surface area contributed by atoms with Crippen LogP contribution in [0, 0.1) is 0 Å². The molecule has 3 aromatic rings. The van der Waals surface area contributed by atoms with Crippen molar-refractivity contribution in [1.29, 1.82) is 0 Å². The monoisotopic (exact) mass is 995 g/mol. The largest absolute Gasteiger partial charge is 0.512 e. The number of carbonyl (C=O) groups excluding carboxylic acids is 3. The third kappa shape index (κ3) is 16.5. The molecule has 0 bridgehead atoms. The second-order valence-corrected chi connectivity index (χ2v) is 12.4. The fraction of sp³-hybridized carbons (Fsp3) is 0.333. The van der Waals surface area contributed by atoms with Crippen molar-refractivity contribution in [1.82, 2.24) is 15.0 Å². The number of aliphatic hydroxyl groups excluding tert-OH is 3. The molecule has 0 amide bonds. The van der Waals surface area contributed by atoms with Gasteiger partial charge in [0.25, 0.3) is 0 Å². The van der Waals surface area contributed by atoms with Crippen molar-refractivity contribution < 1.29 is 126 Å². The number of halogens is 18. The fourth-order valence-electron chi connectivity index (χ4n) is 4.90. The van der Waals surface area contributed by atoms with Gasteiger partial charge < -0.3 is 15.3 Å². The zero-order chi connectivity index (χ0) is 49.8. The molecule has 0 aliphatic heterocycles. The number of alkyl halides is 18. The molecule has 0 atom stereocenters. The third-order valence-electron chi connectivity index (χ3n) is 7.23. The van der Waals surface area contributed by atoms with Gasteiger partial charge in [-0.3, -0.25) is 14.4 Å². The molecule has 3 rings (SSSR count). The number of carbonyl (C=O) groups is 3. The minimum Gasteiger partial charge on any atom is -0.512 e. The molecular weight excluding hydrogens is 968 g/mol. The van der Waals surface area contributed by atoms with E-state index in [2.05, 4.69) is 15.0 Å². The maximum atomic E-state index is 12.6. The van der Waals surface area contributed by atoms with E-state index >= 15 is 0 Å². The van der Waals surface area contributed by atoms with E-state index in [-0.39, 0.29) is 53.5 Å². The van der Waals surface area contributed by atoms with Crippen molar-refractivity contribution in [3.05, 3.63) is 105 Å². The zero-order valence-electron chi connectivity index (χ0n) is 32.5. The van der Waals surface area contributed by atoms with Crippen molar-refractivity contribution >= 4 is 34.1 Å². The molecular formula is C36H27F18FeN3O6. The summed E-state index contributed by atoms with van der Waals surface area (Å²) in [7, 11) is 0. The van der Waals surface area contributed by atoms with Gasteiger partial charge in [-0.1, -0.05) is 0 Å². The molecule has 28 heteroatoms. The van der Waals surface area contributed by atoms with E-state index < -0.39 is 139 Å². The van der Waals surface area contributed by atoms with Gasteiger partial charge in [-0.05, 0) is 94.6 Å². The van der Waals surface area contributed by atoms with Crippen molar-refractivity contribution in [2.24, 2.45) is 0 Å². The molecule has 0 aliphatic carbocycles. The first-order valence-electron chi connectivity index (χ1n) is 16.2. The molecule has 3 N–H and O–H groups in total. The van der Waals surface area contributed by atoms with Gasteiger partial charge in [0.05, 0.1) is 16.7 Å². The molecule has 0 saturated heterocycles. The molecule has 356 valence electrons. The third-order valence-corrected chi connectivity index (χ3v) is 7.23. The zero-order valence-corrected chi connectivity index (χ0v) is 33.6. The van der Waals surface area contributed by atoms with Gasteiger partial charge in [0.1, 0.15) is 51.4 Å². The topological polar surface area (TPSA) is 151 Å². The van der Waals surface area contributed by atoms with Gasteiger partial charge in [0.15, 0.2) is 17.3 Å². The van der Waals surface area contributed by atoms with E-state index in [0.717, 1.165) is 41.5 Å². The van der Waals surface area contributed by atoms with Gasteiger partial charge in [-0.2, -0.15) is 79.0 Å². The Labute approximate surface area is 357 Å². The van der Waals surface area contributed by atoms with Crippen molar-refractivity contribution in [3.63, 3.8) is 0 Å². The molecule has 9 nitrogen and oxygen atoms in total. The minimum atomic E-state index is -5.12.